The van der Waals surface area contributed by atoms with Gasteiger partial charge in [-0.05, 0) is 54.4 Å². The Labute approximate surface area is 188 Å². The quantitative estimate of drug-likeness (QED) is 0.415. The van der Waals surface area contributed by atoms with Gasteiger partial charge in [0, 0.05) is 41.3 Å². The minimum absolute atomic E-state index is 0.177. The van der Waals surface area contributed by atoms with E-state index in [1.165, 1.54) is 23.5 Å². The molecule has 0 saturated carbocycles. The number of rotatable bonds is 5. The van der Waals surface area contributed by atoms with Crippen molar-refractivity contribution in [2.45, 2.75) is 13.0 Å². The van der Waals surface area contributed by atoms with Crippen LogP contribution in [0.4, 0.5) is 25.7 Å². The molecule has 2 amide bonds. The third kappa shape index (κ3) is 3.92. The van der Waals surface area contributed by atoms with Crippen LogP contribution < -0.4 is 15.5 Å². The van der Waals surface area contributed by atoms with E-state index in [2.05, 4.69) is 20.6 Å². The second kappa shape index (κ2) is 8.39. The van der Waals surface area contributed by atoms with E-state index in [1.54, 1.807) is 29.4 Å². The standard InChI is InChI=1S/C24H20FN5OS/c1-15-2-7-19(30-22(13-27-24(30)31)17-3-5-18(25)6-4-17)12-20(15)28-23-29-21(14-32-23)16-8-10-26-11-9-16/h2-12,14,22H,13H2,1H3,(H,27,31)(H,28,29). The lowest BCUT2D eigenvalue weighted by molar-refractivity contribution is 0.251. The molecular weight excluding hydrogens is 425 g/mol. The topological polar surface area (TPSA) is 70.2 Å². The molecule has 5 rings (SSSR count). The van der Waals surface area contributed by atoms with Crippen LogP contribution in [0.5, 0.6) is 0 Å². The molecule has 1 unspecified atom stereocenters. The van der Waals surface area contributed by atoms with E-state index < -0.39 is 0 Å². The van der Waals surface area contributed by atoms with E-state index in [0.29, 0.717) is 6.54 Å². The van der Waals surface area contributed by atoms with Gasteiger partial charge >= 0.3 is 6.03 Å². The first kappa shape index (κ1) is 20.1. The maximum absolute atomic E-state index is 13.4. The Morgan fingerprint density at radius 3 is 2.69 bits per heavy atom. The Bertz CT molecular complexity index is 1260. The van der Waals surface area contributed by atoms with Crippen molar-refractivity contribution < 1.29 is 9.18 Å². The minimum atomic E-state index is -0.297. The molecule has 1 fully saturated rings. The number of aryl methyl sites for hydroxylation is 1. The number of amides is 2. The van der Waals surface area contributed by atoms with Crippen molar-refractivity contribution in [1.82, 2.24) is 15.3 Å². The fourth-order valence-electron chi connectivity index (χ4n) is 3.75. The van der Waals surface area contributed by atoms with Crippen molar-refractivity contribution in [2.24, 2.45) is 0 Å². The van der Waals surface area contributed by atoms with E-state index in [4.69, 9.17) is 0 Å². The fourth-order valence-corrected chi connectivity index (χ4v) is 4.48. The molecule has 1 atom stereocenters. The molecule has 3 heterocycles. The summed E-state index contributed by atoms with van der Waals surface area (Å²) in [6.45, 7) is 2.47. The number of nitrogens with zero attached hydrogens (tertiary/aromatic N) is 3. The number of hydrogen-bond donors (Lipinski definition) is 2. The molecule has 1 aliphatic heterocycles. The summed E-state index contributed by atoms with van der Waals surface area (Å²) in [7, 11) is 0. The molecule has 1 saturated heterocycles. The number of carbonyl (C=O) groups is 1. The van der Waals surface area contributed by atoms with Crippen molar-refractivity contribution in [3.8, 4) is 11.3 Å². The summed E-state index contributed by atoms with van der Waals surface area (Å²) in [5.41, 5.74) is 5.42. The third-order valence-corrected chi connectivity index (χ3v) is 6.21. The van der Waals surface area contributed by atoms with Gasteiger partial charge in [0.2, 0.25) is 0 Å². The number of aromatic nitrogens is 2. The summed E-state index contributed by atoms with van der Waals surface area (Å²) < 4.78 is 13.4. The van der Waals surface area contributed by atoms with Gasteiger partial charge in [-0.3, -0.25) is 9.88 Å². The predicted octanol–water partition coefficient (Wildman–Crippen LogP) is 5.67. The molecule has 0 aliphatic carbocycles. The molecule has 32 heavy (non-hydrogen) atoms. The van der Waals surface area contributed by atoms with Crippen LogP contribution in [0, 0.1) is 12.7 Å². The summed E-state index contributed by atoms with van der Waals surface area (Å²) >= 11 is 1.51. The van der Waals surface area contributed by atoms with Crippen LogP contribution in [-0.4, -0.2) is 22.5 Å². The van der Waals surface area contributed by atoms with Gasteiger partial charge in [-0.2, -0.15) is 0 Å². The van der Waals surface area contributed by atoms with Crippen LogP contribution in [0.2, 0.25) is 0 Å². The minimum Gasteiger partial charge on any atom is -0.335 e. The van der Waals surface area contributed by atoms with Gasteiger partial charge in [-0.1, -0.05) is 18.2 Å². The monoisotopic (exact) mass is 445 g/mol. The summed E-state index contributed by atoms with van der Waals surface area (Å²) in [6.07, 6.45) is 3.49. The molecule has 8 heteroatoms. The molecule has 0 radical (unpaired) electrons. The molecule has 2 aromatic heterocycles. The van der Waals surface area contributed by atoms with E-state index in [1.807, 2.05) is 42.6 Å². The second-order valence-corrected chi connectivity index (χ2v) is 8.38. The third-order valence-electron chi connectivity index (χ3n) is 5.45. The molecule has 1 aliphatic rings. The van der Waals surface area contributed by atoms with Crippen LogP contribution in [0.3, 0.4) is 0 Å². The number of thiazole rings is 1. The van der Waals surface area contributed by atoms with Gasteiger partial charge in [0.25, 0.3) is 0 Å². The predicted molar refractivity (Wildman–Crippen MR) is 125 cm³/mol. The van der Waals surface area contributed by atoms with Crippen molar-refractivity contribution in [1.29, 1.82) is 0 Å². The van der Waals surface area contributed by atoms with Crippen molar-refractivity contribution in [2.75, 3.05) is 16.8 Å². The summed E-state index contributed by atoms with van der Waals surface area (Å²) in [6, 6.07) is 15.6. The zero-order valence-corrected chi connectivity index (χ0v) is 18.1. The molecule has 160 valence electrons. The van der Waals surface area contributed by atoms with Crippen LogP contribution in [-0.2, 0) is 0 Å². The van der Waals surface area contributed by atoms with Gasteiger partial charge in [0.1, 0.15) is 5.82 Å². The first-order valence-corrected chi connectivity index (χ1v) is 11.0. The lowest BCUT2D eigenvalue weighted by Gasteiger charge is -2.24. The highest BCUT2D eigenvalue weighted by atomic mass is 32.1. The molecule has 0 bridgehead atoms. The number of benzene rings is 2. The maximum atomic E-state index is 13.4. The Morgan fingerprint density at radius 1 is 1.12 bits per heavy atom. The first-order chi connectivity index (χ1) is 15.6. The van der Waals surface area contributed by atoms with Crippen molar-refractivity contribution in [3.05, 3.63) is 89.3 Å². The van der Waals surface area contributed by atoms with Gasteiger partial charge in [-0.15, -0.1) is 11.3 Å². The SMILES string of the molecule is Cc1ccc(N2C(=O)NCC2c2ccc(F)cc2)cc1Nc1nc(-c2ccncc2)cs1. The summed E-state index contributed by atoms with van der Waals surface area (Å²) in [5, 5.41) is 9.04. The molecule has 6 nitrogen and oxygen atoms in total. The lowest BCUT2D eigenvalue weighted by atomic mass is 10.1. The Hall–Kier alpha value is -3.78. The van der Waals surface area contributed by atoms with Crippen LogP contribution >= 0.6 is 11.3 Å². The van der Waals surface area contributed by atoms with Crippen LogP contribution in [0.15, 0.2) is 72.4 Å². The first-order valence-electron chi connectivity index (χ1n) is 10.1. The highest BCUT2D eigenvalue weighted by Gasteiger charge is 2.33. The number of hydrogen-bond acceptors (Lipinski definition) is 5. The summed E-state index contributed by atoms with van der Waals surface area (Å²) in [4.78, 5) is 23.1. The number of nitrogens with one attached hydrogen (secondary N) is 2. The van der Waals surface area contributed by atoms with Crippen molar-refractivity contribution >= 4 is 33.9 Å². The zero-order chi connectivity index (χ0) is 22.1. The Morgan fingerprint density at radius 2 is 1.91 bits per heavy atom. The normalized spacial score (nSPS) is 15.6. The van der Waals surface area contributed by atoms with E-state index >= 15 is 0 Å². The Kier molecular flexibility index (Phi) is 5.28. The lowest BCUT2D eigenvalue weighted by Crippen LogP contribution is -2.29. The van der Waals surface area contributed by atoms with E-state index in [9.17, 15) is 9.18 Å². The zero-order valence-electron chi connectivity index (χ0n) is 17.2. The van der Waals surface area contributed by atoms with Crippen molar-refractivity contribution in [3.63, 3.8) is 0 Å². The van der Waals surface area contributed by atoms with E-state index in [-0.39, 0.29) is 17.9 Å². The molecule has 2 N–H and O–H groups in total. The second-order valence-electron chi connectivity index (χ2n) is 7.52. The maximum Gasteiger partial charge on any atom is 0.322 e. The fraction of sp³-hybridized carbons (Fsp3) is 0.125. The average molecular weight is 446 g/mol. The number of pyridine rings is 1. The number of carbonyl (C=O) groups excluding carboxylic acids is 1. The van der Waals surface area contributed by atoms with Gasteiger partial charge in [0.05, 0.1) is 11.7 Å². The highest BCUT2D eigenvalue weighted by Crippen LogP contribution is 2.35. The molecule has 2 aromatic carbocycles. The number of anilines is 3. The van der Waals surface area contributed by atoms with Gasteiger partial charge in [0.15, 0.2) is 5.13 Å². The largest absolute Gasteiger partial charge is 0.335 e. The number of halogens is 1. The van der Waals surface area contributed by atoms with E-state index in [0.717, 1.165) is 38.9 Å². The number of urea groups is 1. The van der Waals surface area contributed by atoms with Gasteiger partial charge < -0.3 is 10.6 Å². The molecule has 4 aromatic rings. The average Bonchev–Trinajstić information content (AvgIpc) is 3.43. The Balaban J connectivity index is 1.43. The van der Waals surface area contributed by atoms with Crippen LogP contribution in [0.1, 0.15) is 17.2 Å². The summed E-state index contributed by atoms with van der Waals surface area (Å²) in [5.74, 6) is -0.297. The van der Waals surface area contributed by atoms with Gasteiger partial charge in [-0.25, -0.2) is 14.2 Å². The molecular formula is C24H20FN5OS. The smallest absolute Gasteiger partial charge is 0.322 e. The molecule has 0 spiro atoms. The highest BCUT2D eigenvalue weighted by molar-refractivity contribution is 7.14. The van der Waals surface area contributed by atoms with Crippen LogP contribution in [0.25, 0.3) is 11.3 Å².